The predicted octanol–water partition coefficient (Wildman–Crippen LogP) is 1.38. The van der Waals surface area contributed by atoms with E-state index in [9.17, 15) is 9.59 Å². The number of hydrogen-bond acceptors (Lipinski definition) is 4. The third-order valence-corrected chi connectivity index (χ3v) is 3.31. The molecule has 0 spiro atoms. The van der Waals surface area contributed by atoms with E-state index in [1.54, 1.807) is 4.90 Å². The number of rotatable bonds is 2. The summed E-state index contributed by atoms with van der Waals surface area (Å²) in [5.41, 5.74) is 0.783. The summed E-state index contributed by atoms with van der Waals surface area (Å²) in [6, 6.07) is 0. The second-order valence-corrected chi connectivity index (χ2v) is 4.25. The van der Waals surface area contributed by atoms with Crippen LogP contribution < -0.4 is 0 Å². The van der Waals surface area contributed by atoms with E-state index >= 15 is 0 Å². The van der Waals surface area contributed by atoms with Crippen LogP contribution in [0.15, 0.2) is 10.6 Å². The van der Waals surface area contributed by atoms with E-state index < -0.39 is 0 Å². The molecule has 0 aromatic rings. The maximum Gasteiger partial charge on any atom is 0.346 e. The summed E-state index contributed by atoms with van der Waals surface area (Å²) in [5.74, 6) is 0.379. The van der Waals surface area contributed by atoms with E-state index in [1.165, 1.54) is 25.8 Å². The van der Waals surface area contributed by atoms with Gasteiger partial charge in [-0.25, -0.2) is 4.79 Å². The van der Waals surface area contributed by atoms with E-state index in [1.807, 2.05) is 6.92 Å². The van der Waals surface area contributed by atoms with Crippen LogP contribution in [0.4, 0.5) is 0 Å². The van der Waals surface area contributed by atoms with Gasteiger partial charge in [0.25, 0.3) is 0 Å². The van der Waals surface area contributed by atoms with Gasteiger partial charge < -0.3 is 9.64 Å². The minimum atomic E-state index is -0.345. The molecule has 0 unspecified atom stereocenters. The standard InChI is InChI=1S/C10H15NO3S/c1-4-8-9(10(13)14-3)15-6-5-11(8)7(2)12/h4-6H2,1-3H3. The van der Waals surface area contributed by atoms with Gasteiger partial charge in [-0.15, -0.1) is 11.8 Å². The Bertz CT molecular complexity index is 312. The van der Waals surface area contributed by atoms with Gasteiger partial charge >= 0.3 is 5.97 Å². The average Bonchev–Trinajstić information content (AvgIpc) is 2.26. The van der Waals surface area contributed by atoms with E-state index in [-0.39, 0.29) is 11.9 Å². The van der Waals surface area contributed by atoms with Crippen molar-refractivity contribution >= 4 is 23.6 Å². The molecular formula is C10H15NO3S. The highest BCUT2D eigenvalue weighted by Gasteiger charge is 2.26. The predicted molar refractivity (Wildman–Crippen MR) is 59.2 cm³/mol. The molecule has 4 nitrogen and oxygen atoms in total. The first-order valence-electron chi connectivity index (χ1n) is 4.84. The van der Waals surface area contributed by atoms with Crippen molar-refractivity contribution in [1.29, 1.82) is 0 Å². The Morgan fingerprint density at radius 1 is 1.53 bits per heavy atom. The Morgan fingerprint density at radius 2 is 2.20 bits per heavy atom. The lowest BCUT2D eigenvalue weighted by Crippen LogP contribution is -2.34. The fraction of sp³-hybridized carbons (Fsp3) is 0.600. The van der Waals surface area contributed by atoms with Crippen LogP contribution in [0.5, 0.6) is 0 Å². The highest BCUT2D eigenvalue weighted by Crippen LogP contribution is 2.30. The smallest absolute Gasteiger partial charge is 0.346 e. The zero-order valence-corrected chi connectivity index (χ0v) is 10.0. The molecule has 0 fully saturated rings. The van der Waals surface area contributed by atoms with Crippen molar-refractivity contribution < 1.29 is 14.3 Å². The first kappa shape index (κ1) is 12.1. The molecule has 0 N–H and O–H groups in total. The Hall–Kier alpha value is -0.970. The number of allylic oxidation sites excluding steroid dienone is 1. The Kier molecular flexibility index (Phi) is 4.20. The number of methoxy groups -OCH3 is 1. The van der Waals surface area contributed by atoms with Crippen LogP contribution in [0.25, 0.3) is 0 Å². The molecule has 1 amide bonds. The second-order valence-electron chi connectivity index (χ2n) is 3.14. The third-order valence-electron chi connectivity index (χ3n) is 2.24. The van der Waals surface area contributed by atoms with Crippen molar-refractivity contribution in [2.75, 3.05) is 19.4 Å². The molecule has 0 aromatic carbocycles. The summed E-state index contributed by atoms with van der Waals surface area (Å²) in [5, 5.41) is 0. The number of amides is 1. The molecule has 0 bridgehead atoms. The van der Waals surface area contributed by atoms with Crippen LogP contribution in [0.2, 0.25) is 0 Å². The van der Waals surface area contributed by atoms with E-state index in [0.717, 1.165) is 11.4 Å². The number of ether oxygens (including phenoxy) is 1. The molecule has 0 radical (unpaired) electrons. The Labute approximate surface area is 93.6 Å². The number of carbonyl (C=O) groups excluding carboxylic acids is 2. The minimum Gasteiger partial charge on any atom is -0.465 e. The number of esters is 1. The maximum absolute atomic E-state index is 11.5. The van der Waals surface area contributed by atoms with Crippen molar-refractivity contribution in [1.82, 2.24) is 4.90 Å². The molecule has 1 rings (SSSR count). The highest BCUT2D eigenvalue weighted by atomic mass is 32.2. The molecule has 0 aromatic heterocycles. The van der Waals surface area contributed by atoms with Gasteiger partial charge in [-0.3, -0.25) is 4.79 Å². The summed E-state index contributed by atoms with van der Waals surface area (Å²) >= 11 is 1.46. The summed E-state index contributed by atoms with van der Waals surface area (Å²) in [6.45, 7) is 4.12. The fourth-order valence-electron chi connectivity index (χ4n) is 1.55. The van der Waals surface area contributed by atoms with Crippen LogP contribution in [0.1, 0.15) is 20.3 Å². The third kappa shape index (κ3) is 2.53. The van der Waals surface area contributed by atoms with Crippen molar-refractivity contribution in [3.05, 3.63) is 10.6 Å². The van der Waals surface area contributed by atoms with Crippen LogP contribution in [0, 0.1) is 0 Å². The molecule has 0 saturated heterocycles. The molecule has 1 aliphatic heterocycles. The second kappa shape index (κ2) is 5.21. The zero-order chi connectivity index (χ0) is 11.4. The summed E-state index contributed by atoms with van der Waals surface area (Å²) in [4.78, 5) is 25.0. The van der Waals surface area contributed by atoms with Crippen LogP contribution in [-0.2, 0) is 14.3 Å². The van der Waals surface area contributed by atoms with Crippen molar-refractivity contribution in [2.24, 2.45) is 0 Å². The maximum atomic E-state index is 11.5. The lowest BCUT2D eigenvalue weighted by Gasteiger charge is -2.29. The molecule has 15 heavy (non-hydrogen) atoms. The van der Waals surface area contributed by atoms with Gasteiger partial charge in [-0.05, 0) is 6.42 Å². The molecule has 84 valence electrons. The first-order chi connectivity index (χ1) is 7.11. The molecule has 5 heteroatoms. The van der Waals surface area contributed by atoms with E-state index in [4.69, 9.17) is 4.74 Å². The van der Waals surface area contributed by atoms with Crippen molar-refractivity contribution in [3.8, 4) is 0 Å². The SMILES string of the molecule is CCC1=C(C(=O)OC)SCCN1C(C)=O. The summed E-state index contributed by atoms with van der Waals surface area (Å²) < 4.78 is 4.69. The first-order valence-corrected chi connectivity index (χ1v) is 5.82. The fourth-order valence-corrected chi connectivity index (χ4v) is 2.65. The monoisotopic (exact) mass is 229 g/mol. The summed E-state index contributed by atoms with van der Waals surface area (Å²) in [7, 11) is 1.36. The van der Waals surface area contributed by atoms with Crippen LogP contribution in [-0.4, -0.2) is 36.2 Å². The van der Waals surface area contributed by atoms with Gasteiger partial charge in [-0.2, -0.15) is 0 Å². The lowest BCUT2D eigenvalue weighted by atomic mass is 10.2. The molecular weight excluding hydrogens is 214 g/mol. The number of thioether (sulfide) groups is 1. The molecule has 0 saturated carbocycles. The van der Waals surface area contributed by atoms with E-state index in [2.05, 4.69) is 0 Å². The van der Waals surface area contributed by atoms with Gasteiger partial charge in [0.15, 0.2) is 0 Å². The lowest BCUT2D eigenvalue weighted by molar-refractivity contribution is -0.135. The average molecular weight is 229 g/mol. The zero-order valence-electron chi connectivity index (χ0n) is 9.20. The molecule has 0 aliphatic carbocycles. The van der Waals surface area contributed by atoms with Crippen molar-refractivity contribution in [2.45, 2.75) is 20.3 Å². The van der Waals surface area contributed by atoms with Crippen LogP contribution >= 0.6 is 11.8 Å². The molecule has 1 heterocycles. The van der Waals surface area contributed by atoms with Crippen LogP contribution in [0.3, 0.4) is 0 Å². The highest BCUT2D eigenvalue weighted by molar-refractivity contribution is 8.04. The topological polar surface area (TPSA) is 46.6 Å². The van der Waals surface area contributed by atoms with Gasteiger partial charge in [0.1, 0.15) is 4.91 Å². The quantitative estimate of drug-likeness (QED) is 0.671. The Balaban J connectivity index is 3.05. The molecule has 1 aliphatic rings. The molecule has 0 atom stereocenters. The number of nitrogens with zero attached hydrogens (tertiary/aromatic N) is 1. The Morgan fingerprint density at radius 3 is 2.67 bits per heavy atom. The summed E-state index contributed by atoms with van der Waals surface area (Å²) in [6.07, 6.45) is 0.664. The number of hydrogen-bond donors (Lipinski definition) is 0. The van der Waals surface area contributed by atoms with Gasteiger partial charge in [0.2, 0.25) is 5.91 Å². The normalized spacial score (nSPS) is 16.6. The minimum absolute atomic E-state index is 0.0199. The van der Waals surface area contributed by atoms with Crippen molar-refractivity contribution in [3.63, 3.8) is 0 Å². The van der Waals surface area contributed by atoms with Gasteiger partial charge in [0.05, 0.1) is 7.11 Å². The largest absolute Gasteiger partial charge is 0.465 e. The van der Waals surface area contributed by atoms with E-state index in [0.29, 0.717) is 17.9 Å². The van der Waals surface area contributed by atoms with Gasteiger partial charge in [0, 0.05) is 24.9 Å². The van der Waals surface area contributed by atoms with Gasteiger partial charge in [-0.1, -0.05) is 6.92 Å². The number of carbonyl (C=O) groups is 2.